The normalized spacial score (nSPS) is 13.6. The Bertz CT molecular complexity index is 962. The summed E-state index contributed by atoms with van der Waals surface area (Å²) in [5.41, 5.74) is 1.45. The highest BCUT2D eigenvalue weighted by Crippen LogP contribution is 2.35. The second kappa shape index (κ2) is 7.14. The van der Waals surface area contributed by atoms with Crippen LogP contribution in [0.4, 0.5) is 0 Å². The maximum Gasteiger partial charge on any atom is 0.274 e. The number of ether oxygens (including phenoxy) is 2. The van der Waals surface area contributed by atoms with Gasteiger partial charge >= 0.3 is 0 Å². The van der Waals surface area contributed by atoms with Crippen molar-refractivity contribution in [1.29, 1.82) is 0 Å². The third-order valence-electron chi connectivity index (χ3n) is 4.44. The lowest BCUT2D eigenvalue weighted by Gasteiger charge is -2.12. The Hall–Kier alpha value is -3.29. The Kier molecular flexibility index (Phi) is 4.53. The van der Waals surface area contributed by atoms with E-state index in [1.807, 2.05) is 50.4 Å². The maximum atomic E-state index is 12.2. The minimum Gasteiger partial charge on any atom is -0.454 e. The Morgan fingerprint density at radius 1 is 1.30 bits per heavy atom. The van der Waals surface area contributed by atoms with Gasteiger partial charge < -0.3 is 23.9 Å². The summed E-state index contributed by atoms with van der Waals surface area (Å²) in [7, 11) is 0. The van der Waals surface area contributed by atoms with Crippen LogP contribution in [-0.4, -0.2) is 33.4 Å². The van der Waals surface area contributed by atoms with Crippen LogP contribution in [0.3, 0.4) is 0 Å². The fraction of sp³-hybridized carbons (Fsp3) is 0.316. The molecule has 8 nitrogen and oxygen atoms in total. The third kappa shape index (κ3) is 3.51. The maximum absolute atomic E-state index is 12.2. The van der Waals surface area contributed by atoms with Gasteiger partial charge in [-0.2, -0.15) is 4.98 Å². The molecule has 27 heavy (non-hydrogen) atoms. The molecule has 1 atom stereocenters. The lowest BCUT2D eigenvalue weighted by molar-refractivity contribution is -0.122. The number of benzene rings is 1. The minimum absolute atomic E-state index is 0.0580. The largest absolute Gasteiger partial charge is 0.454 e. The van der Waals surface area contributed by atoms with E-state index < -0.39 is 0 Å². The second-order valence-corrected chi connectivity index (χ2v) is 6.39. The molecule has 0 unspecified atom stereocenters. The molecule has 1 amide bonds. The van der Waals surface area contributed by atoms with Gasteiger partial charge in [-0.25, -0.2) is 0 Å². The number of carbonyl (C=O) groups excluding carboxylic acids is 1. The average Bonchev–Trinajstić information content (AvgIpc) is 3.40. The summed E-state index contributed by atoms with van der Waals surface area (Å²) in [6, 6.07) is 9.30. The van der Waals surface area contributed by atoms with Crippen molar-refractivity contribution < 1.29 is 18.8 Å². The summed E-state index contributed by atoms with van der Waals surface area (Å²) >= 11 is 0. The van der Waals surface area contributed by atoms with E-state index >= 15 is 0 Å². The number of nitrogens with one attached hydrogen (secondary N) is 1. The quantitative estimate of drug-likeness (QED) is 0.719. The van der Waals surface area contributed by atoms with Crippen molar-refractivity contribution in [2.75, 3.05) is 6.79 Å². The van der Waals surface area contributed by atoms with Gasteiger partial charge in [-0.15, -0.1) is 0 Å². The van der Waals surface area contributed by atoms with Crippen molar-refractivity contribution in [3.8, 4) is 34.5 Å². The molecular formula is C19H20N4O4. The van der Waals surface area contributed by atoms with Crippen LogP contribution in [0.1, 0.15) is 20.3 Å². The van der Waals surface area contributed by atoms with E-state index in [4.69, 9.17) is 14.0 Å². The van der Waals surface area contributed by atoms with Gasteiger partial charge in [-0.05, 0) is 43.7 Å². The highest BCUT2D eigenvalue weighted by Gasteiger charge is 2.19. The Morgan fingerprint density at radius 2 is 2.15 bits per heavy atom. The highest BCUT2D eigenvalue weighted by atomic mass is 16.7. The fourth-order valence-corrected chi connectivity index (χ4v) is 2.80. The van der Waals surface area contributed by atoms with Crippen molar-refractivity contribution >= 4 is 5.91 Å². The summed E-state index contributed by atoms with van der Waals surface area (Å²) in [6.45, 7) is 4.41. The number of rotatable bonds is 6. The molecule has 0 spiro atoms. The first-order chi connectivity index (χ1) is 13.1. The first kappa shape index (κ1) is 17.1. The number of aromatic nitrogens is 3. The van der Waals surface area contributed by atoms with Crippen LogP contribution < -0.4 is 14.8 Å². The Labute approximate surface area is 156 Å². The predicted octanol–water partition coefficient (Wildman–Crippen LogP) is 2.85. The van der Waals surface area contributed by atoms with Crippen molar-refractivity contribution in [2.45, 2.75) is 32.9 Å². The number of hydrogen-bond donors (Lipinski definition) is 1. The zero-order chi connectivity index (χ0) is 18.8. The van der Waals surface area contributed by atoms with Gasteiger partial charge in [0.15, 0.2) is 11.5 Å². The number of amides is 1. The Balaban J connectivity index is 1.54. The standard InChI is InChI=1S/C19H20N4O4/c1-3-12(2)20-17(24)10-23-8-4-5-14(23)19-21-18(22-27-19)13-6-7-15-16(9-13)26-11-25-15/h4-9,12H,3,10-11H2,1-2H3,(H,20,24)/t12-/m0/s1. The molecule has 1 N–H and O–H groups in total. The monoisotopic (exact) mass is 368 g/mol. The molecule has 2 aromatic heterocycles. The lowest BCUT2D eigenvalue weighted by atomic mass is 10.2. The predicted molar refractivity (Wildman–Crippen MR) is 97.2 cm³/mol. The number of hydrogen-bond acceptors (Lipinski definition) is 6. The van der Waals surface area contributed by atoms with Crippen LogP contribution in [0.25, 0.3) is 23.0 Å². The van der Waals surface area contributed by atoms with E-state index in [9.17, 15) is 4.79 Å². The molecule has 0 saturated heterocycles. The topological polar surface area (TPSA) is 91.4 Å². The van der Waals surface area contributed by atoms with Crippen molar-refractivity contribution in [3.05, 3.63) is 36.5 Å². The molecule has 3 aromatic rings. The van der Waals surface area contributed by atoms with Crippen LogP contribution >= 0.6 is 0 Å². The van der Waals surface area contributed by atoms with E-state index in [-0.39, 0.29) is 25.3 Å². The van der Waals surface area contributed by atoms with Crippen LogP contribution in [0.5, 0.6) is 11.5 Å². The molecule has 4 rings (SSSR count). The van der Waals surface area contributed by atoms with Gasteiger partial charge in [0.25, 0.3) is 5.89 Å². The van der Waals surface area contributed by atoms with Crippen LogP contribution in [-0.2, 0) is 11.3 Å². The van der Waals surface area contributed by atoms with Crippen molar-refractivity contribution in [1.82, 2.24) is 20.0 Å². The van der Waals surface area contributed by atoms with E-state index in [1.165, 1.54) is 0 Å². The second-order valence-electron chi connectivity index (χ2n) is 6.39. The smallest absolute Gasteiger partial charge is 0.274 e. The zero-order valence-electron chi connectivity index (χ0n) is 15.1. The van der Waals surface area contributed by atoms with E-state index in [2.05, 4.69) is 15.5 Å². The van der Waals surface area contributed by atoms with Crippen LogP contribution in [0.15, 0.2) is 41.1 Å². The lowest BCUT2D eigenvalue weighted by Crippen LogP contribution is -2.34. The number of carbonyl (C=O) groups is 1. The van der Waals surface area contributed by atoms with Crippen LogP contribution in [0.2, 0.25) is 0 Å². The summed E-state index contributed by atoms with van der Waals surface area (Å²) in [5.74, 6) is 2.09. The SMILES string of the molecule is CC[C@H](C)NC(=O)Cn1cccc1-c1nc(-c2ccc3c(c2)OCO3)no1. The van der Waals surface area contributed by atoms with E-state index in [0.717, 1.165) is 12.0 Å². The molecule has 1 aliphatic rings. The fourth-order valence-electron chi connectivity index (χ4n) is 2.80. The van der Waals surface area contributed by atoms with Crippen molar-refractivity contribution in [2.24, 2.45) is 0 Å². The molecule has 8 heteroatoms. The van der Waals surface area contributed by atoms with Crippen LogP contribution in [0, 0.1) is 0 Å². The van der Waals surface area contributed by atoms with Gasteiger partial charge in [0.1, 0.15) is 12.2 Å². The van der Waals surface area contributed by atoms with Gasteiger partial charge in [0.05, 0.1) is 0 Å². The highest BCUT2D eigenvalue weighted by molar-refractivity contribution is 5.76. The van der Waals surface area contributed by atoms with Crippen molar-refractivity contribution in [3.63, 3.8) is 0 Å². The number of nitrogens with zero attached hydrogens (tertiary/aromatic N) is 3. The van der Waals surface area contributed by atoms with Gasteiger partial charge in [0.2, 0.25) is 18.5 Å². The molecule has 0 saturated carbocycles. The number of fused-ring (bicyclic) bond motifs is 1. The summed E-state index contributed by atoms with van der Waals surface area (Å²) in [4.78, 5) is 16.6. The summed E-state index contributed by atoms with van der Waals surface area (Å²) in [6.07, 6.45) is 2.70. The third-order valence-corrected chi connectivity index (χ3v) is 4.44. The molecule has 0 aliphatic carbocycles. The molecule has 0 bridgehead atoms. The summed E-state index contributed by atoms with van der Waals surface area (Å²) in [5, 5.41) is 7.00. The van der Waals surface area contributed by atoms with E-state index in [0.29, 0.717) is 28.9 Å². The van der Waals surface area contributed by atoms with Gasteiger partial charge in [0, 0.05) is 17.8 Å². The molecule has 3 heterocycles. The Morgan fingerprint density at radius 3 is 3.00 bits per heavy atom. The average molecular weight is 368 g/mol. The molecule has 1 aromatic carbocycles. The van der Waals surface area contributed by atoms with Gasteiger partial charge in [-0.1, -0.05) is 12.1 Å². The molecule has 140 valence electrons. The summed E-state index contributed by atoms with van der Waals surface area (Å²) < 4.78 is 17.9. The molecule has 0 fully saturated rings. The molecular weight excluding hydrogens is 348 g/mol. The van der Waals surface area contributed by atoms with E-state index in [1.54, 1.807) is 4.57 Å². The molecule has 0 radical (unpaired) electrons. The first-order valence-electron chi connectivity index (χ1n) is 8.82. The zero-order valence-corrected chi connectivity index (χ0v) is 15.1. The molecule has 1 aliphatic heterocycles. The van der Waals surface area contributed by atoms with Gasteiger partial charge in [-0.3, -0.25) is 4.79 Å². The minimum atomic E-state index is -0.0580. The first-order valence-corrected chi connectivity index (χ1v) is 8.82.